The zero-order chi connectivity index (χ0) is 20.0. The van der Waals surface area contributed by atoms with Crippen molar-refractivity contribution in [3.63, 3.8) is 0 Å². The normalized spacial score (nSPS) is 12.1. The molecule has 0 saturated carbocycles. The maximum atomic E-state index is 12.3. The third-order valence-electron chi connectivity index (χ3n) is 3.48. The molecule has 144 valence electrons. The van der Waals surface area contributed by atoms with Crippen molar-refractivity contribution in [1.82, 2.24) is 15.6 Å². The number of hydrazine groups is 1. The summed E-state index contributed by atoms with van der Waals surface area (Å²) in [4.78, 5) is 24.0. The van der Waals surface area contributed by atoms with E-state index < -0.39 is 27.9 Å². The molecule has 2 aromatic carbocycles. The van der Waals surface area contributed by atoms with E-state index in [-0.39, 0.29) is 10.5 Å². The molecule has 0 fully saturated rings. The molecule has 0 spiro atoms. The van der Waals surface area contributed by atoms with Crippen LogP contribution in [-0.4, -0.2) is 33.4 Å². The summed E-state index contributed by atoms with van der Waals surface area (Å²) in [5.74, 6) is -0.818. The van der Waals surface area contributed by atoms with E-state index in [0.29, 0.717) is 10.8 Å². The van der Waals surface area contributed by atoms with Gasteiger partial charge in [0.1, 0.15) is 5.75 Å². The number of ether oxygens (including phenoxy) is 1. The fourth-order valence-corrected chi connectivity index (χ4v) is 3.43. The first-order valence-electron chi connectivity index (χ1n) is 7.75. The van der Waals surface area contributed by atoms with E-state index >= 15 is 0 Å². The first kappa shape index (κ1) is 20.7. The average molecular weight is 412 g/mol. The molecule has 0 radical (unpaired) electrons. The van der Waals surface area contributed by atoms with Gasteiger partial charge >= 0.3 is 0 Å². The number of hydrogen-bond donors (Lipinski definition) is 3. The van der Waals surface area contributed by atoms with Crippen molar-refractivity contribution in [2.24, 2.45) is 0 Å². The van der Waals surface area contributed by atoms with Crippen LogP contribution in [0.5, 0.6) is 5.75 Å². The van der Waals surface area contributed by atoms with Gasteiger partial charge in [-0.2, -0.15) is 4.72 Å². The van der Waals surface area contributed by atoms with Crippen LogP contribution in [0.3, 0.4) is 0 Å². The molecule has 1 atom stereocenters. The van der Waals surface area contributed by atoms with Gasteiger partial charge in [0.05, 0.1) is 18.0 Å². The quantitative estimate of drug-likeness (QED) is 0.623. The molecular weight excluding hydrogens is 394 g/mol. The van der Waals surface area contributed by atoms with Crippen molar-refractivity contribution in [1.29, 1.82) is 0 Å². The molecule has 2 rings (SSSR count). The van der Waals surface area contributed by atoms with Crippen molar-refractivity contribution in [3.05, 3.63) is 59.1 Å². The third kappa shape index (κ3) is 5.68. The Morgan fingerprint density at radius 2 is 1.74 bits per heavy atom. The summed E-state index contributed by atoms with van der Waals surface area (Å²) >= 11 is 5.80. The first-order valence-corrected chi connectivity index (χ1v) is 9.61. The highest BCUT2D eigenvalue weighted by Gasteiger charge is 2.22. The number of methoxy groups -OCH3 is 1. The highest BCUT2D eigenvalue weighted by atomic mass is 35.5. The van der Waals surface area contributed by atoms with Crippen LogP contribution in [0, 0.1) is 0 Å². The molecule has 27 heavy (non-hydrogen) atoms. The Balaban J connectivity index is 1.95. The van der Waals surface area contributed by atoms with E-state index in [1.165, 1.54) is 50.4 Å². The minimum atomic E-state index is -3.92. The molecule has 3 N–H and O–H groups in total. The Kier molecular flexibility index (Phi) is 6.78. The molecule has 0 aromatic heterocycles. The van der Waals surface area contributed by atoms with Crippen molar-refractivity contribution < 1.29 is 22.7 Å². The van der Waals surface area contributed by atoms with Crippen molar-refractivity contribution >= 4 is 33.4 Å². The largest absolute Gasteiger partial charge is 0.497 e. The Morgan fingerprint density at radius 1 is 1.07 bits per heavy atom. The van der Waals surface area contributed by atoms with E-state index in [4.69, 9.17) is 16.3 Å². The lowest BCUT2D eigenvalue weighted by Gasteiger charge is -2.15. The van der Waals surface area contributed by atoms with Crippen LogP contribution in [0.25, 0.3) is 0 Å². The standard InChI is InChI=1S/C17H18ClN3O5S/c1-11(21-27(24,25)15-8-6-14(26-2)7-9-15)16(22)19-20-17(23)12-4-3-5-13(18)10-12/h3-11,21H,1-2H3,(H,19,22)(H,20,23)/t11-/m0/s1. The summed E-state index contributed by atoms with van der Waals surface area (Å²) < 4.78 is 31.8. The van der Waals surface area contributed by atoms with Crippen LogP contribution in [-0.2, 0) is 14.8 Å². The van der Waals surface area contributed by atoms with Crippen LogP contribution >= 0.6 is 11.6 Å². The number of hydrogen-bond acceptors (Lipinski definition) is 5. The number of carbonyl (C=O) groups is 2. The Hall–Kier alpha value is -2.62. The third-order valence-corrected chi connectivity index (χ3v) is 5.27. The zero-order valence-electron chi connectivity index (χ0n) is 14.5. The lowest BCUT2D eigenvalue weighted by molar-refractivity contribution is -0.123. The first-order chi connectivity index (χ1) is 12.7. The highest BCUT2D eigenvalue weighted by molar-refractivity contribution is 7.89. The summed E-state index contributed by atoms with van der Waals surface area (Å²) in [6, 6.07) is 10.7. The predicted molar refractivity (Wildman–Crippen MR) is 99.8 cm³/mol. The zero-order valence-corrected chi connectivity index (χ0v) is 16.1. The van der Waals surface area contributed by atoms with Gasteiger partial charge in [0.2, 0.25) is 10.0 Å². The minimum Gasteiger partial charge on any atom is -0.497 e. The van der Waals surface area contributed by atoms with E-state index in [2.05, 4.69) is 15.6 Å². The molecule has 0 unspecified atom stereocenters. The van der Waals surface area contributed by atoms with Crippen LogP contribution in [0.2, 0.25) is 5.02 Å². The second-order valence-electron chi connectivity index (χ2n) is 5.47. The van der Waals surface area contributed by atoms with Gasteiger partial charge in [-0.1, -0.05) is 17.7 Å². The average Bonchev–Trinajstić information content (AvgIpc) is 2.65. The number of sulfonamides is 1. The molecule has 0 saturated heterocycles. The second kappa shape index (κ2) is 8.85. The Labute approximate surface area is 161 Å². The monoisotopic (exact) mass is 411 g/mol. The van der Waals surface area contributed by atoms with Crippen LogP contribution < -0.4 is 20.3 Å². The van der Waals surface area contributed by atoms with E-state index in [0.717, 1.165) is 0 Å². The van der Waals surface area contributed by atoms with E-state index in [1.54, 1.807) is 12.1 Å². The number of amides is 2. The fraction of sp³-hybridized carbons (Fsp3) is 0.176. The van der Waals surface area contributed by atoms with Gasteiger partial charge < -0.3 is 4.74 Å². The highest BCUT2D eigenvalue weighted by Crippen LogP contribution is 2.15. The Morgan fingerprint density at radius 3 is 2.33 bits per heavy atom. The van der Waals surface area contributed by atoms with Gasteiger partial charge in [-0.25, -0.2) is 8.42 Å². The topological polar surface area (TPSA) is 114 Å². The Bertz CT molecular complexity index is 932. The summed E-state index contributed by atoms with van der Waals surface area (Å²) in [5, 5.41) is 0.370. The van der Waals surface area contributed by atoms with Gasteiger partial charge in [-0.15, -0.1) is 0 Å². The molecule has 8 nitrogen and oxygen atoms in total. The van der Waals surface area contributed by atoms with Gasteiger partial charge in [0.15, 0.2) is 0 Å². The fourth-order valence-electron chi connectivity index (χ4n) is 2.04. The molecule has 0 aliphatic rings. The van der Waals surface area contributed by atoms with Crippen LogP contribution in [0.4, 0.5) is 0 Å². The maximum Gasteiger partial charge on any atom is 0.269 e. The molecule has 2 amide bonds. The lowest BCUT2D eigenvalue weighted by atomic mass is 10.2. The van der Waals surface area contributed by atoms with Gasteiger partial charge in [0, 0.05) is 10.6 Å². The summed E-state index contributed by atoms with van der Waals surface area (Å²) in [7, 11) is -2.46. The van der Waals surface area contributed by atoms with Crippen molar-refractivity contribution in [2.45, 2.75) is 17.9 Å². The van der Waals surface area contributed by atoms with Crippen LogP contribution in [0.15, 0.2) is 53.4 Å². The minimum absolute atomic E-state index is 0.0223. The summed E-state index contributed by atoms with van der Waals surface area (Å²) in [5.41, 5.74) is 4.61. The molecule has 10 heteroatoms. The number of halogens is 1. The van der Waals surface area contributed by atoms with Gasteiger partial charge in [0.25, 0.3) is 11.8 Å². The number of benzene rings is 2. The molecule has 2 aromatic rings. The predicted octanol–water partition coefficient (Wildman–Crippen LogP) is 1.48. The van der Waals surface area contributed by atoms with Gasteiger partial charge in [-0.3, -0.25) is 20.4 Å². The molecule has 0 aliphatic carbocycles. The van der Waals surface area contributed by atoms with Crippen LogP contribution in [0.1, 0.15) is 17.3 Å². The van der Waals surface area contributed by atoms with E-state index in [1.807, 2.05) is 0 Å². The van der Waals surface area contributed by atoms with Crippen molar-refractivity contribution in [2.75, 3.05) is 7.11 Å². The van der Waals surface area contributed by atoms with Crippen molar-refractivity contribution in [3.8, 4) is 5.75 Å². The SMILES string of the molecule is COc1ccc(S(=O)(=O)N[C@@H](C)C(=O)NNC(=O)c2cccc(Cl)c2)cc1. The summed E-state index contributed by atoms with van der Waals surface area (Å²) in [6.45, 7) is 1.35. The molecule has 0 bridgehead atoms. The van der Waals surface area contributed by atoms with E-state index in [9.17, 15) is 18.0 Å². The maximum absolute atomic E-state index is 12.3. The molecule has 0 heterocycles. The number of nitrogens with one attached hydrogen (secondary N) is 3. The summed E-state index contributed by atoms with van der Waals surface area (Å²) in [6.07, 6.45) is 0. The second-order valence-corrected chi connectivity index (χ2v) is 7.62. The molecular formula is C17H18ClN3O5S. The number of carbonyl (C=O) groups excluding carboxylic acids is 2. The lowest BCUT2D eigenvalue weighted by Crippen LogP contribution is -2.51. The number of rotatable bonds is 6. The smallest absolute Gasteiger partial charge is 0.269 e. The van der Waals surface area contributed by atoms with Gasteiger partial charge in [-0.05, 0) is 49.4 Å². The molecule has 0 aliphatic heterocycles.